The molecule has 0 amide bonds. The van der Waals surface area contributed by atoms with Gasteiger partial charge in [-0.25, -0.2) is 14.8 Å². The summed E-state index contributed by atoms with van der Waals surface area (Å²) in [6.45, 7) is 0. The molecule has 0 atom stereocenters. The standard InChI is InChI=1S/C7H5ClN4O2.Na.H/c1-12-3-2-9-7(8)10-4(3)5(11-12)6(13)14;;/h2H,1H3,(H,13,14);;/q;+1;-1. The summed E-state index contributed by atoms with van der Waals surface area (Å²) >= 11 is 5.55. The number of aromatic nitrogens is 4. The van der Waals surface area contributed by atoms with E-state index in [1.807, 2.05) is 0 Å². The SMILES string of the molecule is Cn1nc(C(=O)O)c2nc(Cl)ncc21.[H-].[Na+]. The first-order valence-electron chi connectivity index (χ1n) is 3.68. The third-order valence-electron chi connectivity index (χ3n) is 1.77. The number of hydrogen-bond donors (Lipinski definition) is 1. The Morgan fingerprint density at radius 3 is 2.93 bits per heavy atom. The minimum absolute atomic E-state index is 0. The van der Waals surface area contributed by atoms with Crippen LogP contribution in [0.1, 0.15) is 11.9 Å². The second-order valence-corrected chi connectivity index (χ2v) is 2.99. The fourth-order valence-electron chi connectivity index (χ4n) is 1.16. The third kappa shape index (κ3) is 2.12. The second-order valence-electron chi connectivity index (χ2n) is 2.65. The molecule has 1 N–H and O–H groups in total. The minimum Gasteiger partial charge on any atom is -1.00 e. The van der Waals surface area contributed by atoms with Gasteiger partial charge in [0.2, 0.25) is 5.28 Å². The summed E-state index contributed by atoms with van der Waals surface area (Å²) in [4.78, 5) is 18.3. The van der Waals surface area contributed by atoms with Gasteiger partial charge in [-0.2, -0.15) is 5.10 Å². The normalized spacial score (nSPS) is 10.0. The summed E-state index contributed by atoms with van der Waals surface area (Å²) in [5.74, 6) is -1.13. The Labute approximate surface area is 113 Å². The average Bonchev–Trinajstić information content (AvgIpc) is 2.43. The number of carboxylic acid groups (broad SMARTS) is 1. The van der Waals surface area contributed by atoms with Gasteiger partial charge in [-0.3, -0.25) is 4.68 Å². The number of hydrogen-bond acceptors (Lipinski definition) is 4. The maximum Gasteiger partial charge on any atom is 1.00 e. The number of rotatable bonds is 1. The van der Waals surface area contributed by atoms with Gasteiger partial charge in [0, 0.05) is 7.05 Å². The Morgan fingerprint density at radius 1 is 1.67 bits per heavy atom. The van der Waals surface area contributed by atoms with Crippen LogP contribution in [0.3, 0.4) is 0 Å². The van der Waals surface area contributed by atoms with Gasteiger partial charge in [-0.15, -0.1) is 0 Å². The fourth-order valence-corrected chi connectivity index (χ4v) is 1.29. The number of aromatic carboxylic acids is 1. The number of carbonyl (C=O) groups is 1. The Kier molecular flexibility index (Phi) is 3.67. The van der Waals surface area contributed by atoms with Crippen LogP contribution >= 0.6 is 11.6 Å². The molecule has 0 bridgehead atoms. The van der Waals surface area contributed by atoms with Gasteiger partial charge in [-0.1, -0.05) is 0 Å². The largest absolute Gasteiger partial charge is 1.00 e. The average molecular weight is 237 g/mol. The number of carboxylic acids is 1. The Morgan fingerprint density at radius 2 is 2.33 bits per heavy atom. The molecule has 0 aromatic carbocycles. The predicted octanol–water partition coefficient (Wildman–Crippen LogP) is -2.17. The molecular weight excluding hydrogens is 231 g/mol. The molecule has 2 aromatic heterocycles. The van der Waals surface area contributed by atoms with Crippen molar-refractivity contribution in [1.29, 1.82) is 0 Å². The van der Waals surface area contributed by atoms with E-state index in [1.54, 1.807) is 7.05 Å². The smallest absolute Gasteiger partial charge is 1.00 e. The molecule has 2 heterocycles. The fraction of sp³-hybridized carbons (Fsp3) is 0.143. The third-order valence-corrected chi connectivity index (χ3v) is 1.95. The molecule has 0 saturated carbocycles. The summed E-state index contributed by atoms with van der Waals surface area (Å²) < 4.78 is 1.40. The van der Waals surface area contributed by atoms with Gasteiger partial charge in [0.25, 0.3) is 0 Å². The number of aryl methyl sites for hydroxylation is 1. The van der Waals surface area contributed by atoms with Crippen molar-refractivity contribution in [1.82, 2.24) is 19.7 Å². The molecule has 0 aliphatic heterocycles. The van der Waals surface area contributed by atoms with Crippen molar-refractivity contribution in [2.45, 2.75) is 0 Å². The van der Waals surface area contributed by atoms with Crippen LogP contribution in [-0.4, -0.2) is 30.8 Å². The van der Waals surface area contributed by atoms with Gasteiger partial charge >= 0.3 is 35.5 Å². The summed E-state index contributed by atoms with van der Waals surface area (Å²) in [6, 6.07) is 0. The Bertz CT molecular complexity index is 532. The van der Waals surface area contributed by atoms with Crippen molar-refractivity contribution in [2.24, 2.45) is 7.05 Å². The first-order valence-corrected chi connectivity index (χ1v) is 4.06. The maximum absolute atomic E-state index is 10.8. The molecule has 0 aliphatic rings. The van der Waals surface area contributed by atoms with Gasteiger partial charge in [0.15, 0.2) is 5.69 Å². The minimum atomic E-state index is -1.13. The van der Waals surface area contributed by atoms with Crippen LogP contribution in [0.2, 0.25) is 5.28 Å². The summed E-state index contributed by atoms with van der Waals surface area (Å²) in [5, 5.41) is 12.6. The molecule has 2 aromatic rings. The van der Waals surface area contributed by atoms with E-state index in [0.29, 0.717) is 5.52 Å². The summed E-state index contributed by atoms with van der Waals surface area (Å²) in [7, 11) is 1.62. The maximum atomic E-state index is 10.8. The monoisotopic (exact) mass is 236 g/mol. The Balaban J connectivity index is 0.00000112. The van der Waals surface area contributed by atoms with Gasteiger partial charge in [-0.05, 0) is 11.6 Å². The molecule has 2 rings (SSSR count). The first-order chi connectivity index (χ1) is 6.59. The zero-order chi connectivity index (χ0) is 10.3. The second kappa shape index (κ2) is 4.44. The Hall–Kier alpha value is -0.690. The zero-order valence-electron chi connectivity index (χ0n) is 9.10. The topological polar surface area (TPSA) is 80.9 Å². The molecule has 74 valence electrons. The van der Waals surface area contributed by atoms with Crippen molar-refractivity contribution >= 4 is 28.6 Å². The van der Waals surface area contributed by atoms with E-state index in [1.165, 1.54) is 10.9 Å². The van der Waals surface area contributed by atoms with Crippen molar-refractivity contribution in [2.75, 3.05) is 0 Å². The van der Waals surface area contributed by atoms with E-state index in [2.05, 4.69) is 15.1 Å². The van der Waals surface area contributed by atoms with Crippen molar-refractivity contribution in [3.8, 4) is 0 Å². The number of halogens is 1. The van der Waals surface area contributed by atoms with E-state index in [9.17, 15) is 4.79 Å². The van der Waals surface area contributed by atoms with Crippen LogP contribution in [0.4, 0.5) is 0 Å². The van der Waals surface area contributed by atoms with E-state index in [-0.39, 0.29) is 47.5 Å². The van der Waals surface area contributed by atoms with Gasteiger partial charge in [0.1, 0.15) is 11.0 Å². The van der Waals surface area contributed by atoms with Crippen LogP contribution in [-0.2, 0) is 7.05 Å². The number of fused-ring (bicyclic) bond motifs is 1. The van der Waals surface area contributed by atoms with Crippen LogP contribution in [0.15, 0.2) is 6.20 Å². The van der Waals surface area contributed by atoms with Crippen molar-refractivity contribution < 1.29 is 40.9 Å². The number of nitrogens with zero attached hydrogens (tertiary/aromatic N) is 4. The quantitative estimate of drug-likeness (QED) is 0.450. The van der Waals surface area contributed by atoms with Crippen LogP contribution < -0.4 is 29.6 Å². The van der Waals surface area contributed by atoms with Crippen molar-refractivity contribution in [3.05, 3.63) is 17.2 Å². The van der Waals surface area contributed by atoms with E-state index in [4.69, 9.17) is 16.7 Å². The van der Waals surface area contributed by atoms with Crippen LogP contribution in [0.5, 0.6) is 0 Å². The molecule has 0 radical (unpaired) electrons. The summed E-state index contributed by atoms with van der Waals surface area (Å²) in [5.41, 5.74) is 0.665. The molecule has 0 fully saturated rings. The molecule has 15 heavy (non-hydrogen) atoms. The zero-order valence-corrected chi connectivity index (χ0v) is 10.9. The summed E-state index contributed by atoms with van der Waals surface area (Å²) in [6.07, 6.45) is 1.43. The molecule has 6 nitrogen and oxygen atoms in total. The molecule has 0 unspecified atom stereocenters. The van der Waals surface area contributed by atoms with Gasteiger partial charge in [0.05, 0.1) is 6.20 Å². The van der Waals surface area contributed by atoms with E-state index < -0.39 is 5.97 Å². The molecule has 0 saturated heterocycles. The first kappa shape index (κ1) is 12.4. The molecule has 0 spiro atoms. The van der Waals surface area contributed by atoms with E-state index in [0.717, 1.165) is 0 Å². The van der Waals surface area contributed by atoms with E-state index >= 15 is 0 Å². The van der Waals surface area contributed by atoms with Crippen LogP contribution in [0.25, 0.3) is 11.0 Å². The molecule has 0 aliphatic carbocycles. The predicted molar refractivity (Wildman–Crippen MR) is 49.4 cm³/mol. The molecule has 8 heteroatoms. The van der Waals surface area contributed by atoms with Crippen LogP contribution in [0, 0.1) is 0 Å². The van der Waals surface area contributed by atoms with Gasteiger partial charge < -0.3 is 6.53 Å². The van der Waals surface area contributed by atoms with Crippen molar-refractivity contribution in [3.63, 3.8) is 0 Å². The molecular formula is C7H6ClN4NaO2.